The van der Waals surface area contributed by atoms with Gasteiger partial charge in [0, 0.05) is 31.3 Å². The zero-order chi connectivity index (χ0) is 27.6. The monoisotopic (exact) mass is 540 g/mol. The Morgan fingerprint density at radius 3 is 2.38 bits per heavy atom. The van der Waals surface area contributed by atoms with Crippen LogP contribution in [-0.2, 0) is 30.8 Å². The molecule has 0 aliphatic rings. The topological polar surface area (TPSA) is 199 Å². The Bertz CT molecular complexity index is 1190. The second kappa shape index (κ2) is 13.3. The molecule has 0 spiro atoms. The minimum Gasteiger partial charge on any atom is -0.480 e. The van der Waals surface area contributed by atoms with E-state index in [0.717, 1.165) is 24.3 Å². The number of rotatable bonds is 13. The number of carboxylic acids is 1. The maximum atomic E-state index is 13.1. The number of carbonyl (C=O) groups is 4. The molecule has 1 aromatic carbocycles. The Labute approximate surface area is 212 Å². The van der Waals surface area contributed by atoms with Gasteiger partial charge < -0.3 is 26.0 Å². The summed E-state index contributed by atoms with van der Waals surface area (Å²) >= 11 is 0. The molecule has 202 valence electrons. The third-order valence-electron chi connectivity index (χ3n) is 5.40. The van der Waals surface area contributed by atoms with Crippen molar-refractivity contribution in [3.05, 3.63) is 48.3 Å². The van der Waals surface area contributed by atoms with Crippen molar-refractivity contribution in [3.8, 4) is 0 Å². The molecule has 37 heavy (non-hydrogen) atoms. The first-order valence-electron chi connectivity index (χ1n) is 11.3. The molecular formula is C22H29FN6O7S. The molecule has 2 rings (SSSR count). The van der Waals surface area contributed by atoms with Gasteiger partial charge in [0.2, 0.25) is 11.8 Å². The molecule has 6 N–H and O–H groups in total. The van der Waals surface area contributed by atoms with E-state index in [9.17, 15) is 37.1 Å². The number of nitrogens with zero attached hydrogens (tertiary/aromatic N) is 1. The van der Waals surface area contributed by atoms with E-state index in [1.54, 1.807) is 18.6 Å². The van der Waals surface area contributed by atoms with Crippen LogP contribution in [0.2, 0.25) is 0 Å². The predicted octanol–water partition coefficient (Wildman–Crippen LogP) is 0.270. The molecular weight excluding hydrogens is 511 g/mol. The standard InChI is InChI=1S/C22H29FN6O7S/c1-3-13(2)19(28-22(34)29-37(35,36)16-6-4-14(23)5-7-16)20(31)25-9-8-18(30)27-17(21(32)33)10-15-11-24-12-26-15/h4-7,11-13,17,19H,3,8-10H2,1-2H3,(H,24,26)(H,25,31)(H,27,30)(H,32,33)(H2,28,29,34)/t13-,17?,19+/m0/s1. The molecule has 13 nitrogen and oxygen atoms in total. The molecule has 0 saturated heterocycles. The van der Waals surface area contributed by atoms with Crippen molar-refractivity contribution in [3.63, 3.8) is 0 Å². The van der Waals surface area contributed by atoms with Crippen LogP contribution in [0.1, 0.15) is 32.4 Å². The normalized spacial score (nSPS) is 13.6. The number of hydrogen-bond acceptors (Lipinski definition) is 7. The number of sulfonamides is 1. The SMILES string of the molecule is CC[C@H](C)[C@@H](NC(=O)NS(=O)(=O)c1ccc(F)cc1)C(=O)NCCC(=O)NC(Cc1cnc[nH]1)C(=O)O. The van der Waals surface area contributed by atoms with Crippen LogP contribution in [-0.4, -0.2) is 65.9 Å². The fourth-order valence-electron chi connectivity index (χ4n) is 3.16. The van der Waals surface area contributed by atoms with Crippen LogP contribution in [0.5, 0.6) is 0 Å². The minimum absolute atomic E-state index is 0.0105. The van der Waals surface area contributed by atoms with Crippen molar-refractivity contribution >= 4 is 33.8 Å². The maximum absolute atomic E-state index is 13.1. The number of amides is 4. The molecule has 4 amide bonds. The van der Waals surface area contributed by atoms with Gasteiger partial charge in [0.15, 0.2) is 0 Å². The molecule has 1 unspecified atom stereocenters. The summed E-state index contributed by atoms with van der Waals surface area (Å²) in [6, 6.07) is 0.318. The molecule has 1 aromatic heterocycles. The molecule has 0 aliphatic carbocycles. The van der Waals surface area contributed by atoms with Crippen molar-refractivity contribution < 1.29 is 37.1 Å². The quantitative estimate of drug-likeness (QED) is 0.208. The minimum atomic E-state index is -4.31. The van der Waals surface area contributed by atoms with E-state index < -0.39 is 57.7 Å². The van der Waals surface area contributed by atoms with E-state index in [4.69, 9.17) is 0 Å². The molecule has 0 saturated carbocycles. The van der Waals surface area contributed by atoms with E-state index in [1.165, 1.54) is 12.5 Å². The van der Waals surface area contributed by atoms with Crippen LogP contribution in [0.25, 0.3) is 0 Å². The van der Waals surface area contributed by atoms with Crippen LogP contribution in [0, 0.1) is 11.7 Å². The number of aromatic nitrogens is 2. The van der Waals surface area contributed by atoms with Gasteiger partial charge in [-0.1, -0.05) is 20.3 Å². The van der Waals surface area contributed by atoms with Gasteiger partial charge in [0.05, 0.1) is 11.2 Å². The smallest absolute Gasteiger partial charge is 0.329 e. The summed E-state index contributed by atoms with van der Waals surface area (Å²) in [7, 11) is -4.31. The van der Waals surface area contributed by atoms with E-state index in [-0.39, 0.29) is 24.3 Å². The highest BCUT2D eigenvalue weighted by atomic mass is 32.2. The first-order valence-corrected chi connectivity index (χ1v) is 12.8. The van der Waals surface area contributed by atoms with Crippen LogP contribution in [0.4, 0.5) is 9.18 Å². The van der Waals surface area contributed by atoms with Crippen LogP contribution >= 0.6 is 0 Å². The molecule has 15 heteroatoms. The second-order valence-electron chi connectivity index (χ2n) is 8.18. The van der Waals surface area contributed by atoms with Gasteiger partial charge in [-0.25, -0.2) is 32.1 Å². The summed E-state index contributed by atoms with van der Waals surface area (Å²) in [6.45, 7) is 3.27. The van der Waals surface area contributed by atoms with Crippen molar-refractivity contribution in [1.82, 2.24) is 30.6 Å². The maximum Gasteiger partial charge on any atom is 0.329 e. The third-order valence-corrected chi connectivity index (χ3v) is 6.74. The zero-order valence-corrected chi connectivity index (χ0v) is 21.0. The number of urea groups is 1. The van der Waals surface area contributed by atoms with E-state index >= 15 is 0 Å². The zero-order valence-electron chi connectivity index (χ0n) is 20.2. The lowest BCUT2D eigenvalue weighted by Gasteiger charge is -2.23. The van der Waals surface area contributed by atoms with E-state index in [0.29, 0.717) is 12.1 Å². The molecule has 0 aliphatic heterocycles. The van der Waals surface area contributed by atoms with Gasteiger partial charge in [-0.3, -0.25) is 9.59 Å². The lowest BCUT2D eigenvalue weighted by Crippen LogP contribution is -2.54. The van der Waals surface area contributed by atoms with Crippen molar-refractivity contribution in [1.29, 1.82) is 0 Å². The van der Waals surface area contributed by atoms with Crippen LogP contribution in [0.15, 0.2) is 41.7 Å². The molecule has 2 aromatic rings. The molecule has 1 heterocycles. The Hall–Kier alpha value is -4.01. The molecule has 3 atom stereocenters. The number of hydrogen-bond donors (Lipinski definition) is 6. The number of carboxylic acid groups (broad SMARTS) is 1. The summed E-state index contributed by atoms with van der Waals surface area (Å²) in [5.74, 6) is -3.58. The van der Waals surface area contributed by atoms with Gasteiger partial charge in [-0.2, -0.15) is 0 Å². The van der Waals surface area contributed by atoms with Crippen molar-refractivity contribution in [2.24, 2.45) is 5.92 Å². The molecule has 0 radical (unpaired) electrons. The Morgan fingerprint density at radius 2 is 1.81 bits per heavy atom. The van der Waals surface area contributed by atoms with Gasteiger partial charge >= 0.3 is 12.0 Å². The third kappa shape index (κ3) is 9.18. The summed E-state index contributed by atoms with van der Waals surface area (Å²) in [4.78, 5) is 54.9. The Morgan fingerprint density at radius 1 is 1.14 bits per heavy atom. The molecule has 0 fully saturated rings. The van der Waals surface area contributed by atoms with Gasteiger partial charge in [-0.05, 0) is 30.2 Å². The summed E-state index contributed by atoms with van der Waals surface area (Å²) < 4.78 is 39.5. The van der Waals surface area contributed by atoms with E-state index in [1.807, 2.05) is 0 Å². The summed E-state index contributed by atoms with van der Waals surface area (Å²) in [5, 5.41) is 16.5. The predicted molar refractivity (Wildman–Crippen MR) is 128 cm³/mol. The number of nitrogens with one attached hydrogen (secondary N) is 5. The summed E-state index contributed by atoms with van der Waals surface area (Å²) in [5.41, 5.74) is 0.517. The Balaban J connectivity index is 1.91. The van der Waals surface area contributed by atoms with Crippen LogP contribution < -0.4 is 20.7 Å². The average molecular weight is 541 g/mol. The highest BCUT2D eigenvalue weighted by Gasteiger charge is 2.28. The number of imidazole rings is 1. The summed E-state index contributed by atoms with van der Waals surface area (Å²) in [6.07, 6.45) is 3.02. The number of carbonyl (C=O) groups excluding carboxylic acids is 3. The second-order valence-corrected chi connectivity index (χ2v) is 9.86. The number of aromatic amines is 1. The van der Waals surface area contributed by atoms with Crippen molar-refractivity contribution in [2.75, 3.05) is 6.54 Å². The fourth-order valence-corrected chi connectivity index (χ4v) is 4.07. The lowest BCUT2D eigenvalue weighted by molar-refractivity contribution is -0.141. The number of benzene rings is 1. The van der Waals surface area contributed by atoms with Crippen molar-refractivity contribution in [2.45, 2.75) is 50.1 Å². The van der Waals surface area contributed by atoms with Gasteiger partial charge in [-0.15, -0.1) is 0 Å². The number of H-pyrrole nitrogens is 1. The van der Waals surface area contributed by atoms with Gasteiger partial charge in [0.25, 0.3) is 10.0 Å². The van der Waals surface area contributed by atoms with E-state index in [2.05, 4.69) is 25.9 Å². The van der Waals surface area contributed by atoms with Gasteiger partial charge in [0.1, 0.15) is 17.9 Å². The number of halogens is 1. The highest BCUT2D eigenvalue weighted by molar-refractivity contribution is 7.90. The first kappa shape index (κ1) is 29.2. The lowest BCUT2D eigenvalue weighted by atomic mass is 9.98. The fraction of sp³-hybridized carbons (Fsp3) is 0.409. The largest absolute Gasteiger partial charge is 0.480 e. The molecule has 0 bridgehead atoms. The first-order chi connectivity index (χ1) is 17.4. The van der Waals surface area contributed by atoms with Crippen LogP contribution in [0.3, 0.4) is 0 Å². The number of aliphatic carboxylic acids is 1. The highest BCUT2D eigenvalue weighted by Crippen LogP contribution is 2.11. The average Bonchev–Trinajstić information content (AvgIpc) is 3.34. The Kier molecular flexibility index (Phi) is 10.5.